The molecule has 0 unspecified atom stereocenters. The van der Waals surface area contributed by atoms with Crippen LogP contribution in [0.2, 0.25) is 0 Å². The summed E-state index contributed by atoms with van der Waals surface area (Å²) in [6.45, 7) is 1.02. The molecule has 0 amide bonds. The van der Waals surface area contributed by atoms with Gasteiger partial charge in [0.25, 0.3) is 0 Å². The van der Waals surface area contributed by atoms with E-state index in [1.165, 1.54) is 0 Å². The van der Waals surface area contributed by atoms with Crippen molar-refractivity contribution in [2.75, 3.05) is 7.11 Å². The van der Waals surface area contributed by atoms with Crippen LogP contribution in [-0.4, -0.2) is 13.3 Å². The highest BCUT2D eigenvalue weighted by Gasteiger charge is 2.00. The second-order valence-corrected chi connectivity index (χ2v) is 6.07. The molecule has 0 saturated carbocycles. The van der Waals surface area contributed by atoms with Crippen LogP contribution in [0.4, 0.5) is 0 Å². The minimum atomic E-state index is 0.443. The molecule has 140 valence electrons. The summed E-state index contributed by atoms with van der Waals surface area (Å²) in [5.41, 5.74) is 6.67. The van der Waals surface area contributed by atoms with Gasteiger partial charge in [-0.3, -0.25) is 0 Å². The lowest BCUT2D eigenvalue weighted by atomic mass is 10.1. The predicted octanol–water partition coefficient (Wildman–Crippen LogP) is 4.27. The lowest BCUT2D eigenvalue weighted by Gasteiger charge is -2.08. The highest BCUT2D eigenvalue weighted by atomic mass is 16.5. The summed E-state index contributed by atoms with van der Waals surface area (Å²) in [4.78, 5) is 0. The Kier molecular flexibility index (Phi) is 6.64. The standard InChI is InChI=1S/C23H21N3O2/c1-27-23-8-3-2-6-21(23)16-26-25-15-20-5-4-7-22(13-20)28-17-19-11-9-18(14-24)10-12-19/h2-13,15,26H,16-17H2,1H3/b25-15-. The van der Waals surface area contributed by atoms with Crippen LogP contribution < -0.4 is 14.9 Å². The molecule has 3 aromatic rings. The van der Waals surface area contributed by atoms with E-state index in [2.05, 4.69) is 16.6 Å². The minimum absolute atomic E-state index is 0.443. The maximum absolute atomic E-state index is 8.84. The third-order valence-electron chi connectivity index (χ3n) is 4.11. The Morgan fingerprint density at radius 3 is 2.64 bits per heavy atom. The van der Waals surface area contributed by atoms with Gasteiger partial charge in [0.1, 0.15) is 18.1 Å². The Bertz CT molecular complexity index is 976. The number of nitrogens with zero attached hydrogens (tertiary/aromatic N) is 2. The molecule has 28 heavy (non-hydrogen) atoms. The number of rotatable bonds is 8. The first-order valence-corrected chi connectivity index (χ1v) is 8.88. The summed E-state index contributed by atoms with van der Waals surface area (Å²) in [6.07, 6.45) is 1.75. The third kappa shape index (κ3) is 5.36. The lowest BCUT2D eigenvalue weighted by molar-refractivity contribution is 0.306. The van der Waals surface area contributed by atoms with Gasteiger partial charge in [-0.1, -0.05) is 42.5 Å². The van der Waals surface area contributed by atoms with E-state index in [0.717, 1.165) is 28.2 Å². The summed E-state index contributed by atoms with van der Waals surface area (Å²) < 4.78 is 11.2. The largest absolute Gasteiger partial charge is 0.496 e. The molecule has 0 radical (unpaired) electrons. The number of hydrogen-bond donors (Lipinski definition) is 1. The molecule has 0 bridgehead atoms. The quantitative estimate of drug-likeness (QED) is 0.474. The van der Waals surface area contributed by atoms with E-state index in [9.17, 15) is 0 Å². The average molecular weight is 371 g/mol. The summed E-state index contributed by atoms with van der Waals surface area (Å²) >= 11 is 0. The number of nitrogens with one attached hydrogen (secondary N) is 1. The lowest BCUT2D eigenvalue weighted by Crippen LogP contribution is -2.06. The molecule has 5 heteroatoms. The molecule has 0 fully saturated rings. The van der Waals surface area contributed by atoms with E-state index in [1.807, 2.05) is 60.7 Å². The molecule has 0 aliphatic carbocycles. The number of benzene rings is 3. The molecule has 3 aromatic carbocycles. The van der Waals surface area contributed by atoms with Crippen LogP contribution in [0.25, 0.3) is 0 Å². The molecule has 0 aliphatic heterocycles. The summed E-state index contributed by atoms with van der Waals surface area (Å²) in [5, 5.41) is 13.1. The summed E-state index contributed by atoms with van der Waals surface area (Å²) in [5.74, 6) is 1.60. The van der Waals surface area contributed by atoms with Crippen molar-refractivity contribution in [3.05, 3.63) is 95.1 Å². The average Bonchev–Trinajstić information content (AvgIpc) is 2.76. The van der Waals surface area contributed by atoms with E-state index in [-0.39, 0.29) is 0 Å². The zero-order valence-corrected chi connectivity index (χ0v) is 15.6. The van der Waals surface area contributed by atoms with Crippen LogP contribution in [0.5, 0.6) is 11.5 Å². The fourth-order valence-electron chi connectivity index (χ4n) is 2.63. The molecule has 3 rings (SSSR count). The molecule has 0 atom stereocenters. The van der Waals surface area contributed by atoms with Crippen LogP contribution in [0.3, 0.4) is 0 Å². The first-order chi connectivity index (χ1) is 13.8. The molecule has 1 N–H and O–H groups in total. The van der Waals surface area contributed by atoms with E-state index in [1.54, 1.807) is 25.5 Å². The van der Waals surface area contributed by atoms with Crippen molar-refractivity contribution in [2.24, 2.45) is 5.10 Å². The number of methoxy groups -OCH3 is 1. The van der Waals surface area contributed by atoms with Crippen molar-refractivity contribution in [1.82, 2.24) is 5.43 Å². The molecule has 0 heterocycles. The topological polar surface area (TPSA) is 66.6 Å². The second-order valence-electron chi connectivity index (χ2n) is 6.07. The van der Waals surface area contributed by atoms with Crippen molar-refractivity contribution in [3.63, 3.8) is 0 Å². The minimum Gasteiger partial charge on any atom is -0.496 e. The zero-order valence-electron chi connectivity index (χ0n) is 15.6. The molecule has 0 spiro atoms. The molecule has 5 nitrogen and oxygen atoms in total. The Labute approximate surface area is 164 Å². The maximum Gasteiger partial charge on any atom is 0.123 e. The van der Waals surface area contributed by atoms with Gasteiger partial charge in [0.15, 0.2) is 0 Å². The van der Waals surface area contributed by atoms with Crippen molar-refractivity contribution in [2.45, 2.75) is 13.2 Å². The van der Waals surface area contributed by atoms with Gasteiger partial charge in [-0.15, -0.1) is 0 Å². The fourth-order valence-corrected chi connectivity index (χ4v) is 2.63. The van der Waals surface area contributed by atoms with Gasteiger partial charge < -0.3 is 14.9 Å². The van der Waals surface area contributed by atoms with Crippen molar-refractivity contribution >= 4 is 6.21 Å². The predicted molar refractivity (Wildman–Crippen MR) is 109 cm³/mol. The number of ether oxygens (including phenoxy) is 2. The Morgan fingerprint density at radius 2 is 1.86 bits per heavy atom. The van der Waals surface area contributed by atoms with Crippen LogP contribution >= 0.6 is 0 Å². The highest BCUT2D eigenvalue weighted by Crippen LogP contribution is 2.17. The molecular weight excluding hydrogens is 350 g/mol. The molecule has 0 aliphatic rings. The maximum atomic E-state index is 8.84. The van der Waals surface area contributed by atoms with Crippen LogP contribution in [0, 0.1) is 11.3 Å². The van der Waals surface area contributed by atoms with Gasteiger partial charge in [0, 0.05) is 5.56 Å². The zero-order chi connectivity index (χ0) is 19.6. The fraction of sp³-hybridized carbons (Fsp3) is 0.130. The third-order valence-corrected chi connectivity index (χ3v) is 4.11. The Balaban J connectivity index is 1.53. The van der Waals surface area contributed by atoms with Crippen molar-refractivity contribution < 1.29 is 9.47 Å². The van der Waals surface area contributed by atoms with E-state index in [4.69, 9.17) is 14.7 Å². The molecule has 0 aromatic heterocycles. The monoisotopic (exact) mass is 371 g/mol. The number of hydrazone groups is 1. The number of nitriles is 1. The van der Waals surface area contributed by atoms with Crippen molar-refractivity contribution in [3.8, 4) is 17.6 Å². The second kappa shape index (κ2) is 9.79. The van der Waals surface area contributed by atoms with Gasteiger partial charge in [-0.05, 0) is 41.5 Å². The SMILES string of the molecule is COc1ccccc1CN/N=C\c1cccc(OCc2ccc(C#N)cc2)c1. The molecular formula is C23H21N3O2. The Hall–Kier alpha value is -3.78. The van der Waals surface area contributed by atoms with Crippen LogP contribution in [-0.2, 0) is 13.2 Å². The summed E-state index contributed by atoms with van der Waals surface area (Å²) in [7, 11) is 1.66. The summed E-state index contributed by atoms with van der Waals surface area (Å²) in [6, 6.07) is 25.0. The molecule has 0 saturated heterocycles. The van der Waals surface area contributed by atoms with E-state index < -0.39 is 0 Å². The van der Waals surface area contributed by atoms with Gasteiger partial charge in [0.05, 0.1) is 31.5 Å². The number of para-hydroxylation sites is 1. The number of hydrogen-bond acceptors (Lipinski definition) is 5. The van der Waals surface area contributed by atoms with Gasteiger partial charge >= 0.3 is 0 Å². The normalized spacial score (nSPS) is 10.4. The first kappa shape index (κ1) is 19.0. The smallest absolute Gasteiger partial charge is 0.123 e. The Morgan fingerprint density at radius 1 is 1.04 bits per heavy atom. The van der Waals surface area contributed by atoms with E-state index >= 15 is 0 Å². The van der Waals surface area contributed by atoms with Gasteiger partial charge in [-0.2, -0.15) is 10.4 Å². The van der Waals surface area contributed by atoms with Gasteiger partial charge in [0.2, 0.25) is 0 Å². The van der Waals surface area contributed by atoms with Crippen molar-refractivity contribution in [1.29, 1.82) is 5.26 Å². The van der Waals surface area contributed by atoms with Crippen LogP contribution in [0.15, 0.2) is 77.9 Å². The van der Waals surface area contributed by atoms with E-state index in [0.29, 0.717) is 18.7 Å². The first-order valence-electron chi connectivity index (χ1n) is 8.88. The van der Waals surface area contributed by atoms with Gasteiger partial charge in [-0.25, -0.2) is 0 Å². The van der Waals surface area contributed by atoms with Crippen LogP contribution in [0.1, 0.15) is 22.3 Å². The highest BCUT2D eigenvalue weighted by molar-refractivity contribution is 5.79.